The fourth-order valence-corrected chi connectivity index (χ4v) is 1.47. The Balaban J connectivity index is 3.94. The van der Waals surface area contributed by atoms with Crippen LogP contribution >= 0.6 is 0 Å². The Bertz CT molecular complexity index is 212. The molecule has 52 valence electrons. The van der Waals surface area contributed by atoms with Crippen LogP contribution in [0.4, 0.5) is 0 Å². The number of hydrogen-bond donors (Lipinski definition) is 0. The number of sulfone groups is 1. The third kappa shape index (κ3) is 5.31. The van der Waals surface area contributed by atoms with Crippen molar-refractivity contribution in [3.8, 4) is 6.07 Å². The van der Waals surface area contributed by atoms with Crippen LogP contribution in [0.3, 0.4) is 0 Å². The van der Waals surface area contributed by atoms with E-state index in [-0.39, 0.29) is 11.7 Å². The summed E-state index contributed by atoms with van der Waals surface area (Å²) in [5, 5.41) is 8.18. The van der Waals surface area contributed by atoms with Gasteiger partial charge in [0.1, 0.15) is 9.84 Å². The number of nitrogens with zero attached hydrogens (tertiary/aromatic N) is 1. The lowest BCUT2D eigenvalue weighted by Crippen LogP contribution is -2.09. The van der Waals surface area contributed by atoms with Gasteiger partial charge < -0.3 is 0 Å². The smallest absolute Gasteiger partial charge is 0.148 e. The molecular formula is C5H9NO2S. The van der Waals surface area contributed by atoms with Gasteiger partial charge in [-0.1, -0.05) is 0 Å². The zero-order valence-electron chi connectivity index (χ0n) is 5.46. The lowest BCUT2D eigenvalue weighted by molar-refractivity contribution is 0.595. The van der Waals surface area contributed by atoms with Crippen LogP contribution in [-0.4, -0.2) is 20.4 Å². The maximum atomic E-state index is 10.4. The zero-order chi connectivity index (χ0) is 7.49. The average molecular weight is 147 g/mol. The molecule has 3 nitrogen and oxygen atoms in total. The van der Waals surface area contributed by atoms with E-state index in [1.165, 1.54) is 0 Å². The van der Waals surface area contributed by atoms with E-state index in [0.717, 1.165) is 6.26 Å². The van der Waals surface area contributed by atoms with Gasteiger partial charge >= 0.3 is 0 Å². The van der Waals surface area contributed by atoms with Crippen LogP contribution in [0.15, 0.2) is 0 Å². The second-order valence-electron chi connectivity index (χ2n) is 2.12. The zero-order valence-corrected chi connectivity index (χ0v) is 6.27. The third-order valence-corrected chi connectivity index (χ3v) is 1.88. The van der Waals surface area contributed by atoms with Gasteiger partial charge in [-0.3, -0.25) is 0 Å². The summed E-state index contributed by atoms with van der Waals surface area (Å²) in [5.74, 6) is -0.427. The van der Waals surface area contributed by atoms with Crippen LogP contribution < -0.4 is 0 Å². The van der Waals surface area contributed by atoms with E-state index in [1.807, 2.05) is 6.07 Å². The minimum atomic E-state index is -2.96. The van der Waals surface area contributed by atoms with E-state index >= 15 is 0 Å². The lowest BCUT2D eigenvalue weighted by Gasteiger charge is -1.96. The van der Waals surface area contributed by atoms with Crippen molar-refractivity contribution in [3.05, 3.63) is 0 Å². The fourth-order valence-electron chi connectivity index (χ4n) is 0.491. The number of rotatable bonds is 2. The van der Waals surface area contributed by atoms with E-state index in [9.17, 15) is 8.42 Å². The fraction of sp³-hybridized carbons (Fsp3) is 0.800. The third-order valence-electron chi connectivity index (χ3n) is 0.773. The first-order chi connectivity index (χ1) is 3.95. The molecule has 1 unspecified atom stereocenters. The van der Waals surface area contributed by atoms with E-state index in [2.05, 4.69) is 0 Å². The molecule has 0 saturated carbocycles. The predicted octanol–water partition coefficient (Wildman–Crippen LogP) is 0.191. The molecule has 0 fully saturated rings. The number of hydrogen-bond acceptors (Lipinski definition) is 3. The molecule has 0 aromatic rings. The topological polar surface area (TPSA) is 57.9 Å². The van der Waals surface area contributed by atoms with Gasteiger partial charge in [-0.15, -0.1) is 0 Å². The molecule has 0 heterocycles. The molecule has 0 aliphatic heterocycles. The second kappa shape index (κ2) is 2.83. The highest BCUT2D eigenvalue weighted by Crippen LogP contribution is 1.95. The normalized spacial score (nSPS) is 14.3. The minimum absolute atomic E-state index is 0.0382. The van der Waals surface area contributed by atoms with E-state index < -0.39 is 9.84 Å². The Hall–Kier alpha value is -0.560. The molecule has 0 amide bonds. The van der Waals surface area contributed by atoms with Gasteiger partial charge in [0.05, 0.1) is 17.7 Å². The van der Waals surface area contributed by atoms with Crippen molar-refractivity contribution in [1.82, 2.24) is 0 Å². The highest BCUT2D eigenvalue weighted by Gasteiger charge is 2.07. The molecule has 0 spiro atoms. The Morgan fingerprint density at radius 3 is 2.22 bits per heavy atom. The first-order valence-corrected chi connectivity index (χ1v) is 4.59. The van der Waals surface area contributed by atoms with Gasteiger partial charge in [-0.05, 0) is 6.92 Å². The second-order valence-corrected chi connectivity index (χ2v) is 4.31. The van der Waals surface area contributed by atoms with Gasteiger partial charge in [0.25, 0.3) is 0 Å². The molecule has 0 aliphatic carbocycles. The van der Waals surface area contributed by atoms with Crippen molar-refractivity contribution >= 4 is 9.84 Å². The summed E-state index contributed by atoms with van der Waals surface area (Å²) in [6, 6.07) is 1.84. The van der Waals surface area contributed by atoms with Crippen molar-refractivity contribution < 1.29 is 8.42 Å². The van der Waals surface area contributed by atoms with Crippen molar-refractivity contribution in [2.75, 3.05) is 12.0 Å². The Labute approximate surface area is 55.2 Å². The van der Waals surface area contributed by atoms with Crippen molar-refractivity contribution in [3.63, 3.8) is 0 Å². The molecular weight excluding hydrogens is 138 g/mol. The summed E-state index contributed by atoms with van der Waals surface area (Å²) < 4.78 is 20.9. The van der Waals surface area contributed by atoms with Crippen LogP contribution in [0, 0.1) is 17.2 Å². The van der Waals surface area contributed by atoms with Crippen LogP contribution in [0.2, 0.25) is 0 Å². The summed E-state index contributed by atoms with van der Waals surface area (Å²) in [7, 11) is -2.96. The molecule has 0 N–H and O–H groups in total. The molecule has 4 heteroatoms. The van der Waals surface area contributed by atoms with Gasteiger partial charge in [-0.2, -0.15) is 5.26 Å². The maximum Gasteiger partial charge on any atom is 0.148 e. The highest BCUT2D eigenvalue weighted by atomic mass is 32.2. The van der Waals surface area contributed by atoms with E-state index in [1.54, 1.807) is 6.92 Å². The molecule has 0 rings (SSSR count). The maximum absolute atomic E-state index is 10.4. The Morgan fingerprint density at radius 1 is 1.67 bits per heavy atom. The average Bonchev–Trinajstić information content (AvgIpc) is 1.62. The van der Waals surface area contributed by atoms with Crippen LogP contribution in [-0.2, 0) is 9.84 Å². The summed E-state index contributed by atoms with van der Waals surface area (Å²) >= 11 is 0. The van der Waals surface area contributed by atoms with Crippen molar-refractivity contribution in [2.45, 2.75) is 6.92 Å². The van der Waals surface area contributed by atoms with Gasteiger partial charge in [0, 0.05) is 6.26 Å². The molecule has 0 saturated heterocycles. The minimum Gasteiger partial charge on any atom is -0.229 e. The molecule has 0 aromatic heterocycles. The van der Waals surface area contributed by atoms with E-state index in [0.29, 0.717) is 0 Å². The van der Waals surface area contributed by atoms with Crippen molar-refractivity contribution in [2.24, 2.45) is 5.92 Å². The van der Waals surface area contributed by atoms with Gasteiger partial charge in [0.2, 0.25) is 0 Å². The Morgan fingerprint density at radius 2 is 2.11 bits per heavy atom. The molecule has 9 heavy (non-hydrogen) atoms. The monoisotopic (exact) mass is 147 g/mol. The predicted molar refractivity (Wildman–Crippen MR) is 34.5 cm³/mol. The number of nitriles is 1. The SMILES string of the molecule is CC(C#N)CS(C)(=O)=O. The summed E-state index contributed by atoms with van der Waals surface area (Å²) in [6.45, 7) is 1.58. The first-order valence-electron chi connectivity index (χ1n) is 2.53. The largest absolute Gasteiger partial charge is 0.229 e. The highest BCUT2D eigenvalue weighted by molar-refractivity contribution is 7.90. The molecule has 0 bridgehead atoms. The standard InChI is InChI=1S/C5H9NO2S/c1-5(3-6)4-9(2,7)8/h5H,4H2,1-2H3. The van der Waals surface area contributed by atoms with E-state index in [4.69, 9.17) is 5.26 Å². The molecule has 0 radical (unpaired) electrons. The van der Waals surface area contributed by atoms with Crippen LogP contribution in [0.1, 0.15) is 6.92 Å². The first kappa shape index (κ1) is 8.44. The van der Waals surface area contributed by atoms with Crippen LogP contribution in [0.25, 0.3) is 0 Å². The summed E-state index contributed by atoms with van der Waals surface area (Å²) in [6.07, 6.45) is 1.13. The molecule has 1 atom stereocenters. The summed E-state index contributed by atoms with van der Waals surface area (Å²) in [5.41, 5.74) is 0. The van der Waals surface area contributed by atoms with Gasteiger partial charge in [-0.25, -0.2) is 8.42 Å². The lowest BCUT2D eigenvalue weighted by atomic mass is 10.3. The molecule has 0 aromatic carbocycles. The summed E-state index contributed by atoms with van der Waals surface area (Å²) in [4.78, 5) is 0. The molecule has 0 aliphatic rings. The quantitative estimate of drug-likeness (QED) is 0.560. The Kier molecular flexibility index (Phi) is 2.65. The van der Waals surface area contributed by atoms with Crippen molar-refractivity contribution in [1.29, 1.82) is 5.26 Å². The van der Waals surface area contributed by atoms with Crippen LogP contribution in [0.5, 0.6) is 0 Å². The van der Waals surface area contributed by atoms with Gasteiger partial charge in [0.15, 0.2) is 0 Å².